The standard InChI is InChI=1S/C9H14Cl2S2/c1-8(10)6-12-4-3-5-13-7-9(2)11/h1-7H2. The Bertz CT molecular complexity index is 151. The first kappa shape index (κ1) is 13.8. The normalized spacial score (nSPS) is 10.0. The summed E-state index contributed by atoms with van der Waals surface area (Å²) in [4.78, 5) is 0. The van der Waals surface area contributed by atoms with Crippen molar-refractivity contribution in [3.8, 4) is 0 Å². The second-order valence-electron chi connectivity index (χ2n) is 2.49. The van der Waals surface area contributed by atoms with Gasteiger partial charge in [0.05, 0.1) is 0 Å². The van der Waals surface area contributed by atoms with Crippen molar-refractivity contribution < 1.29 is 0 Å². The summed E-state index contributed by atoms with van der Waals surface area (Å²) in [5, 5.41) is 1.46. The summed E-state index contributed by atoms with van der Waals surface area (Å²) in [7, 11) is 0. The van der Waals surface area contributed by atoms with Crippen molar-refractivity contribution in [2.75, 3.05) is 23.0 Å². The van der Waals surface area contributed by atoms with Crippen molar-refractivity contribution in [2.45, 2.75) is 6.42 Å². The molecule has 0 bridgehead atoms. The maximum Gasteiger partial charge on any atom is 0.0286 e. The first-order chi connectivity index (χ1) is 6.13. The third kappa shape index (κ3) is 12.8. The van der Waals surface area contributed by atoms with E-state index in [9.17, 15) is 0 Å². The van der Waals surface area contributed by atoms with E-state index in [2.05, 4.69) is 13.2 Å². The highest BCUT2D eigenvalue weighted by Crippen LogP contribution is 2.14. The second kappa shape index (κ2) is 9.32. The van der Waals surface area contributed by atoms with Crippen LogP contribution in [-0.4, -0.2) is 23.0 Å². The molecule has 0 aliphatic heterocycles. The molecule has 0 spiro atoms. The Balaban J connectivity index is 3.00. The van der Waals surface area contributed by atoms with Crippen LogP contribution in [0.3, 0.4) is 0 Å². The van der Waals surface area contributed by atoms with Gasteiger partial charge in [0, 0.05) is 21.6 Å². The molecule has 0 radical (unpaired) electrons. The molecule has 0 amide bonds. The SMILES string of the molecule is C=C(Cl)CSCCCSCC(=C)Cl. The molecule has 0 aliphatic carbocycles. The van der Waals surface area contributed by atoms with Crippen LogP contribution in [0.5, 0.6) is 0 Å². The minimum Gasteiger partial charge on any atom is -0.156 e. The number of hydrogen-bond donors (Lipinski definition) is 0. The largest absolute Gasteiger partial charge is 0.156 e. The van der Waals surface area contributed by atoms with Gasteiger partial charge >= 0.3 is 0 Å². The third-order valence-corrected chi connectivity index (χ3v) is 3.94. The summed E-state index contributed by atoms with van der Waals surface area (Å²) < 4.78 is 0. The van der Waals surface area contributed by atoms with Gasteiger partial charge in [0.1, 0.15) is 0 Å². The number of hydrogen-bond acceptors (Lipinski definition) is 2. The predicted molar refractivity (Wildman–Crippen MR) is 69.3 cm³/mol. The van der Waals surface area contributed by atoms with Gasteiger partial charge in [0.25, 0.3) is 0 Å². The van der Waals surface area contributed by atoms with Crippen molar-refractivity contribution in [3.05, 3.63) is 23.2 Å². The molecule has 0 nitrogen and oxygen atoms in total. The Morgan fingerprint density at radius 2 is 1.31 bits per heavy atom. The van der Waals surface area contributed by atoms with Crippen molar-refractivity contribution in [3.63, 3.8) is 0 Å². The quantitative estimate of drug-likeness (QED) is 0.593. The number of rotatable bonds is 8. The van der Waals surface area contributed by atoms with Crippen LogP contribution in [-0.2, 0) is 0 Å². The van der Waals surface area contributed by atoms with Crippen LogP contribution < -0.4 is 0 Å². The van der Waals surface area contributed by atoms with Gasteiger partial charge in [-0.15, -0.1) is 0 Å². The molecule has 0 aliphatic rings. The van der Waals surface area contributed by atoms with E-state index >= 15 is 0 Å². The Hall–Kier alpha value is 0.760. The topological polar surface area (TPSA) is 0 Å². The zero-order valence-corrected chi connectivity index (χ0v) is 10.7. The van der Waals surface area contributed by atoms with Crippen molar-refractivity contribution in [1.82, 2.24) is 0 Å². The van der Waals surface area contributed by atoms with Crippen LogP contribution in [0.1, 0.15) is 6.42 Å². The van der Waals surface area contributed by atoms with Gasteiger partial charge in [-0.1, -0.05) is 36.4 Å². The van der Waals surface area contributed by atoms with Crippen molar-refractivity contribution in [1.29, 1.82) is 0 Å². The smallest absolute Gasteiger partial charge is 0.0286 e. The Labute approximate surface area is 99.1 Å². The van der Waals surface area contributed by atoms with E-state index < -0.39 is 0 Å². The molecular formula is C9H14Cl2S2. The van der Waals surface area contributed by atoms with Gasteiger partial charge in [-0.25, -0.2) is 0 Å². The summed E-state index contributed by atoms with van der Waals surface area (Å²) in [5.41, 5.74) is 0. The van der Waals surface area contributed by atoms with E-state index in [1.165, 1.54) is 6.42 Å². The fraction of sp³-hybridized carbons (Fsp3) is 0.556. The fourth-order valence-corrected chi connectivity index (χ4v) is 2.70. The highest BCUT2D eigenvalue weighted by molar-refractivity contribution is 8.00. The first-order valence-electron chi connectivity index (χ1n) is 3.95. The van der Waals surface area contributed by atoms with Gasteiger partial charge in [0.2, 0.25) is 0 Å². The zero-order valence-electron chi connectivity index (χ0n) is 7.52. The fourth-order valence-electron chi connectivity index (χ4n) is 0.629. The average Bonchev–Trinajstić information content (AvgIpc) is 2.01. The van der Waals surface area contributed by atoms with E-state index in [1.807, 2.05) is 23.5 Å². The van der Waals surface area contributed by atoms with E-state index in [0.717, 1.165) is 33.1 Å². The maximum absolute atomic E-state index is 5.61. The summed E-state index contributed by atoms with van der Waals surface area (Å²) in [5.74, 6) is 3.98. The van der Waals surface area contributed by atoms with E-state index in [0.29, 0.717) is 0 Å². The molecule has 13 heavy (non-hydrogen) atoms. The minimum atomic E-state index is 0.729. The highest BCUT2D eigenvalue weighted by Gasteiger charge is 1.93. The predicted octanol–water partition coefficient (Wildman–Crippen LogP) is 4.35. The molecule has 0 saturated heterocycles. The molecule has 0 unspecified atom stereocenters. The van der Waals surface area contributed by atoms with E-state index in [4.69, 9.17) is 23.2 Å². The Kier molecular flexibility index (Phi) is 9.87. The summed E-state index contributed by atoms with van der Waals surface area (Å²) in [6.07, 6.45) is 1.18. The van der Waals surface area contributed by atoms with Crippen LogP contribution in [0.15, 0.2) is 23.2 Å². The lowest BCUT2D eigenvalue weighted by Gasteiger charge is -2.00. The van der Waals surface area contributed by atoms with Crippen molar-refractivity contribution >= 4 is 46.7 Å². The van der Waals surface area contributed by atoms with Crippen LogP contribution in [0.25, 0.3) is 0 Å². The molecule has 0 aromatic carbocycles. The minimum absolute atomic E-state index is 0.729. The highest BCUT2D eigenvalue weighted by atomic mass is 35.5. The molecule has 0 aromatic heterocycles. The van der Waals surface area contributed by atoms with Gasteiger partial charge in [-0.3, -0.25) is 0 Å². The van der Waals surface area contributed by atoms with Crippen molar-refractivity contribution in [2.24, 2.45) is 0 Å². The van der Waals surface area contributed by atoms with Gasteiger partial charge in [-0.05, 0) is 17.9 Å². The second-order valence-corrected chi connectivity index (χ2v) is 5.77. The van der Waals surface area contributed by atoms with Crippen LogP contribution in [0.4, 0.5) is 0 Å². The number of halogens is 2. The Morgan fingerprint density at radius 3 is 1.62 bits per heavy atom. The molecular weight excluding hydrogens is 243 g/mol. The van der Waals surface area contributed by atoms with Gasteiger partial charge in [-0.2, -0.15) is 23.5 Å². The lowest BCUT2D eigenvalue weighted by atomic mass is 10.6. The molecule has 0 heterocycles. The van der Waals surface area contributed by atoms with Gasteiger partial charge in [0.15, 0.2) is 0 Å². The molecule has 0 atom stereocenters. The summed E-state index contributed by atoms with van der Waals surface area (Å²) in [6, 6.07) is 0. The summed E-state index contributed by atoms with van der Waals surface area (Å²) in [6.45, 7) is 7.25. The summed E-state index contributed by atoms with van der Waals surface area (Å²) >= 11 is 14.9. The maximum atomic E-state index is 5.61. The molecule has 0 saturated carbocycles. The monoisotopic (exact) mass is 256 g/mol. The first-order valence-corrected chi connectivity index (χ1v) is 7.01. The van der Waals surface area contributed by atoms with Crippen LogP contribution in [0.2, 0.25) is 0 Å². The third-order valence-electron chi connectivity index (χ3n) is 1.09. The molecule has 0 aromatic rings. The van der Waals surface area contributed by atoms with E-state index in [1.54, 1.807) is 0 Å². The van der Waals surface area contributed by atoms with Gasteiger partial charge < -0.3 is 0 Å². The lowest BCUT2D eigenvalue weighted by molar-refractivity contribution is 1.12. The lowest BCUT2D eigenvalue weighted by Crippen LogP contribution is -1.87. The van der Waals surface area contributed by atoms with Crippen LogP contribution >= 0.6 is 46.7 Å². The van der Waals surface area contributed by atoms with Crippen LogP contribution in [0, 0.1) is 0 Å². The zero-order chi connectivity index (χ0) is 10.1. The number of thioether (sulfide) groups is 2. The molecule has 0 fully saturated rings. The molecule has 4 heteroatoms. The molecule has 0 rings (SSSR count). The molecule has 0 N–H and O–H groups in total. The average molecular weight is 257 g/mol. The molecule has 76 valence electrons. The Morgan fingerprint density at radius 1 is 0.923 bits per heavy atom. The van der Waals surface area contributed by atoms with E-state index in [-0.39, 0.29) is 0 Å².